The van der Waals surface area contributed by atoms with Gasteiger partial charge >= 0.3 is 0 Å². The number of nitrogens with zero attached hydrogens (tertiary/aromatic N) is 5. The van der Waals surface area contributed by atoms with E-state index in [4.69, 9.17) is 9.51 Å². The summed E-state index contributed by atoms with van der Waals surface area (Å²) in [7, 11) is 2.03. The van der Waals surface area contributed by atoms with Gasteiger partial charge in [-0.1, -0.05) is 5.16 Å². The summed E-state index contributed by atoms with van der Waals surface area (Å²) in [5.74, 6) is 1.99. The van der Waals surface area contributed by atoms with Crippen molar-refractivity contribution in [2.24, 2.45) is 4.99 Å². The smallest absolute Gasteiger partial charge is 0.223 e. The summed E-state index contributed by atoms with van der Waals surface area (Å²) in [6.07, 6.45) is 4.86. The van der Waals surface area contributed by atoms with Gasteiger partial charge in [0.25, 0.3) is 0 Å². The molecule has 2 aromatic heterocycles. The molecular weight excluding hydrogens is 324 g/mol. The standard InChI is InChI=1S/C16H24N6OS/c1-4-17-16(18-9-14-19-11(2)23-21-14)22(3)10-15-20-12-7-5-6-8-13(12)24-15/h4-10H2,1-3H3,(H,17,18). The molecule has 0 radical (unpaired) electrons. The van der Waals surface area contributed by atoms with E-state index in [0.717, 1.165) is 30.5 Å². The zero-order chi connectivity index (χ0) is 16.9. The van der Waals surface area contributed by atoms with Crippen LogP contribution in [0.25, 0.3) is 0 Å². The average Bonchev–Trinajstić information content (AvgIpc) is 3.16. The Morgan fingerprint density at radius 1 is 1.33 bits per heavy atom. The predicted molar refractivity (Wildman–Crippen MR) is 94.1 cm³/mol. The van der Waals surface area contributed by atoms with Crippen LogP contribution in [-0.2, 0) is 25.9 Å². The zero-order valence-corrected chi connectivity index (χ0v) is 15.3. The number of rotatable bonds is 5. The SMILES string of the molecule is CCNC(=NCc1noc(C)n1)N(C)Cc1nc2c(s1)CCCC2. The van der Waals surface area contributed by atoms with Gasteiger partial charge in [-0.3, -0.25) is 0 Å². The van der Waals surface area contributed by atoms with Crippen LogP contribution in [0.3, 0.4) is 0 Å². The molecule has 0 fully saturated rings. The Morgan fingerprint density at radius 3 is 2.88 bits per heavy atom. The molecule has 8 heteroatoms. The summed E-state index contributed by atoms with van der Waals surface area (Å²) in [4.78, 5) is 17.2. The Morgan fingerprint density at radius 2 is 2.17 bits per heavy atom. The highest BCUT2D eigenvalue weighted by Gasteiger charge is 2.17. The van der Waals surface area contributed by atoms with Gasteiger partial charge in [0, 0.05) is 25.4 Å². The van der Waals surface area contributed by atoms with Crippen molar-refractivity contribution < 1.29 is 4.52 Å². The number of thiazole rings is 1. The molecule has 24 heavy (non-hydrogen) atoms. The van der Waals surface area contributed by atoms with Crippen molar-refractivity contribution in [1.82, 2.24) is 25.3 Å². The summed E-state index contributed by atoms with van der Waals surface area (Å²) in [6, 6.07) is 0. The molecule has 130 valence electrons. The summed E-state index contributed by atoms with van der Waals surface area (Å²) < 4.78 is 4.99. The van der Waals surface area contributed by atoms with Crippen molar-refractivity contribution in [3.8, 4) is 0 Å². The van der Waals surface area contributed by atoms with E-state index in [1.807, 2.05) is 18.4 Å². The lowest BCUT2D eigenvalue weighted by Crippen LogP contribution is -2.38. The summed E-state index contributed by atoms with van der Waals surface area (Å²) >= 11 is 1.84. The first kappa shape index (κ1) is 16.9. The van der Waals surface area contributed by atoms with Crippen molar-refractivity contribution in [2.75, 3.05) is 13.6 Å². The van der Waals surface area contributed by atoms with E-state index in [0.29, 0.717) is 18.3 Å². The van der Waals surface area contributed by atoms with Crippen LogP contribution in [0.5, 0.6) is 0 Å². The third kappa shape index (κ3) is 4.11. The minimum atomic E-state index is 0.401. The molecule has 0 amide bonds. The number of hydrogen-bond acceptors (Lipinski definition) is 6. The Bertz CT molecular complexity index is 684. The second-order valence-electron chi connectivity index (χ2n) is 5.94. The lowest BCUT2D eigenvalue weighted by molar-refractivity contribution is 0.387. The highest BCUT2D eigenvalue weighted by Crippen LogP contribution is 2.27. The molecule has 3 rings (SSSR count). The van der Waals surface area contributed by atoms with E-state index >= 15 is 0 Å². The maximum absolute atomic E-state index is 4.99. The van der Waals surface area contributed by atoms with Crippen LogP contribution in [0.4, 0.5) is 0 Å². The fourth-order valence-electron chi connectivity index (χ4n) is 2.77. The van der Waals surface area contributed by atoms with Crippen LogP contribution in [0, 0.1) is 6.92 Å². The van der Waals surface area contributed by atoms with Gasteiger partial charge < -0.3 is 14.7 Å². The number of aryl methyl sites for hydroxylation is 3. The predicted octanol–water partition coefficient (Wildman–Crippen LogP) is 2.31. The van der Waals surface area contributed by atoms with E-state index < -0.39 is 0 Å². The average molecular weight is 348 g/mol. The first-order chi connectivity index (χ1) is 11.7. The molecule has 0 spiro atoms. The molecule has 0 aromatic carbocycles. The lowest BCUT2D eigenvalue weighted by Gasteiger charge is -2.20. The van der Waals surface area contributed by atoms with Crippen LogP contribution in [0.1, 0.15) is 47.1 Å². The van der Waals surface area contributed by atoms with Gasteiger partial charge in [0.15, 0.2) is 11.8 Å². The number of aliphatic imine (C=N–C) groups is 1. The molecule has 1 aliphatic carbocycles. The first-order valence-corrected chi connectivity index (χ1v) is 9.23. The van der Waals surface area contributed by atoms with Crippen molar-refractivity contribution in [1.29, 1.82) is 0 Å². The van der Waals surface area contributed by atoms with Gasteiger partial charge in [0.2, 0.25) is 5.89 Å². The van der Waals surface area contributed by atoms with Crippen LogP contribution in [0.15, 0.2) is 9.52 Å². The van der Waals surface area contributed by atoms with Gasteiger partial charge in [-0.15, -0.1) is 11.3 Å². The van der Waals surface area contributed by atoms with E-state index in [-0.39, 0.29) is 0 Å². The quantitative estimate of drug-likeness (QED) is 0.660. The van der Waals surface area contributed by atoms with Crippen LogP contribution in [-0.4, -0.2) is 39.6 Å². The highest BCUT2D eigenvalue weighted by molar-refractivity contribution is 7.11. The summed E-state index contributed by atoms with van der Waals surface area (Å²) in [6.45, 7) is 5.81. The van der Waals surface area contributed by atoms with Crippen molar-refractivity contribution in [3.05, 3.63) is 27.3 Å². The van der Waals surface area contributed by atoms with E-state index in [9.17, 15) is 0 Å². The Kier molecular flexibility index (Phi) is 5.44. The van der Waals surface area contributed by atoms with Gasteiger partial charge in [-0.05, 0) is 32.6 Å². The van der Waals surface area contributed by atoms with Crippen LogP contribution >= 0.6 is 11.3 Å². The second-order valence-corrected chi connectivity index (χ2v) is 7.11. The van der Waals surface area contributed by atoms with Gasteiger partial charge in [-0.25, -0.2) is 9.98 Å². The van der Waals surface area contributed by atoms with Crippen molar-refractivity contribution >= 4 is 17.3 Å². The van der Waals surface area contributed by atoms with Crippen LogP contribution in [0.2, 0.25) is 0 Å². The Labute approximate surface area is 146 Å². The topological polar surface area (TPSA) is 79.4 Å². The fourth-order valence-corrected chi connectivity index (χ4v) is 3.98. The second kappa shape index (κ2) is 7.74. The summed E-state index contributed by atoms with van der Waals surface area (Å²) in [5.41, 5.74) is 1.30. The normalized spacial score (nSPS) is 14.5. The molecule has 0 saturated heterocycles. The third-order valence-corrected chi connectivity index (χ3v) is 5.04. The van der Waals surface area contributed by atoms with Crippen molar-refractivity contribution in [3.63, 3.8) is 0 Å². The molecule has 0 atom stereocenters. The first-order valence-electron chi connectivity index (χ1n) is 8.41. The van der Waals surface area contributed by atoms with Crippen molar-refractivity contribution in [2.45, 2.75) is 52.6 Å². The minimum Gasteiger partial charge on any atom is -0.357 e. The summed E-state index contributed by atoms with van der Waals surface area (Å²) in [5, 5.41) is 8.35. The molecule has 0 saturated carbocycles. The van der Waals surface area contributed by atoms with E-state index in [2.05, 4.69) is 32.3 Å². The fraction of sp³-hybridized carbons (Fsp3) is 0.625. The molecule has 0 unspecified atom stereocenters. The Balaban J connectivity index is 1.67. The number of nitrogens with one attached hydrogen (secondary N) is 1. The van der Waals surface area contributed by atoms with Crippen LogP contribution < -0.4 is 5.32 Å². The molecule has 2 aromatic rings. The largest absolute Gasteiger partial charge is 0.357 e. The number of aromatic nitrogens is 3. The molecule has 0 aliphatic heterocycles. The molecule has 7 nitrogen and oxygen atoms in total. The van der Waals surface area contributed by atoms with Gasteiger partial charge in [-0.2, -0.15) is 4.98 Å². The molecule has 2 heterocycles. The van der Waals surface area contributed by atoms with E-state index in [1.54, 1.807) is 6.92 Å². The molecule has 1 aliphatic rings. The third-order valence-electron chi connectivity index (χ3n) is 3.90. The maximum atomic E-state index is 4.99. The molecule has 1 N–H and O–H groups in total. The Hall–Kier alpha value is -1.96. The molecule has 0 bridgehead atoms. The maximum Gasteiger partial charge on any atom is 0.223 e. The monoisotopic (exact) mass is 348 g/mol. The minimum absolute atomic E-state index is 0.401. The highest BCUT2D eigenvalue weighted by atomic mass is 32.1. The number of guanidine groups is 1. The van der Waals surface area contributed by atoms with Gasteiger partial charge in [0.05, 0.1) is 12.2 Å². The zero-order valence-electron chi connectivity index (χ0n) is 14.5. The lowest BCUT2D eigenvalue weighted by atomic mass is 10.0. The molecular formula is C16H24N6OS. The van der Waals surface area contributed by atoms with Gasteiger partial charge in [0.1, 0.15) is 11.6 Å². The number of hydrogen-bond donors (Lipinski definition) is 1. The van der Waals surface area contributed by atoms with E-state index in [1.165, 1.54) is 29.8 Å². The number of fused-ring (bicyclic) bond motifs is 1.